The standard InChI is InChI=1S/C15H24/c1-5-7-8-13-9-11-14(12-10-13)15(3,4)6-2/h9-12H,5-8H2,1-4H3. The first-order valence-electron chi connectivity index (χ1n) is 6.19. The summed E-state index contributed by atoms with van der Waals surface area (Å²) in [7, 11) is 0. The molecule has 0 saturated carbocycles. The molecular weight excluding hydrogens is 180 g/mol. The lowest BCUT2D eigenvalue weighted by molar-refractivity contribution is 0.506. The van der Waals surface area contributed by atoms with E-state index < -0.39 is 0 Å². The molecule has 0 nitrogen and oxygen atoms in total. The molecule has 0 aliphatic rings. The van der Waals surface area contributed by atoms with E-state index in [1.807, 2.05) is 0 Å². The zero-order valence-electron chi connectivity index (χ0n) is 10.6. The first-order valence-corrected chi connectivity index (χ1v) is 6.19. The second-order valence-corrected chi connectivity index (χ2v) is 5.04. The molecule has 0 aliphatic heterocycles. The zero-order chi connectivity index (χ0) is 11.3. The highest BCUT2D eigenvalue weighted by Gasteiger charge is 2.17. The van der Waals surface area contributed by atoms with Crippen molar-refractivity contribution in [1.29, 1.82) is 0 Å². The Balaban J connectivity index is 2.72. The van der Waals surface area contributed by atoms with Gasteiger partial charge in [0.1, 0.15) is 0 Å². The maximum atomic E-state index is 2.31. The van der Waals surface area contributed by atoms with Gasteiger partial charge >= 0.3 is 0 Å². The fraction of sp³-hybridized carbons (Fsp3) is 0.600. The lowest BCUT2D eigenvalue weighted by Crippen LogP contribution is -2.15. The Labute approximate surface area is 94.7 Å². The Morgan fingerprint density at radius 1 is 1.00 bits per heavy atom. The Bertz CT molecular complexity index is 279. The molecule has 1 aromatic carbocycles. The van der Waals surface area contributed by atoms with Crippen LogP contribution in [0.5, 0.6) is 0 Å². The van der Waals surface area contributed by atoms with E-state index in [4.69, 9.17) is 0 Å². The number of benzene rings is 1. The van der Waals surface area contributed by atoms with Crippen LogP contribution in [0, 0.1) is 0 Å². The molecule has 0 heterocycles. The third-order valence-electron chi connectivity index (χ3n) is 3.44. The smallest absolute Gasteiger partial charge is 0.0106 e. The van der Waals surface area contributed by atoms with Gasteiger partial charge < -0.3 is 0 Å². The van der Waals surface area contributed by atoms with Crippen LogP contribution in [0.4, 0.5) is 0 Å². The van der Waals surface area contributed by atoms with Gasteiger partial charge in [-0.3, -0.25) is 0 Å². The monoisotopic (exact) mass is 204 g/mol. The lowest BCUT2D eigenvalue weighted by Gasteiger charge is -2.23. The predicted octanol–water partition coefficient (Wildman–Crippen LogP) is 4.72. The molecule has 1 aromatic rings. The number of hydrogen-bond acceptors (Lipinski definition) is 0. The molecule has 0 N–H and O–H groups in total. The van der Waals surface area contributed by atoms with E-state index in [0.29, 0.717) is 5.41 Å². The van der Waals surface area contributed by atoms with Gasteiger partial charge in [0.05, 0.1) is 0 Å². The summed E-state index contributed by atoms with van der Waals surface area (Å²) < 4.78 is 0. The van der Waals surface area contributed by atoms with Gasteiger partial charge in [-0.25, -0.2) is 0 Å². The minimum Gasteiger partial charge on any atom is -0.0654 e. The zero-order valence-corrected chi connectivity index (χ0v) is 10.6. The number of unbranched alkanes of at least 4 members (excludes halogenated alkanes) is 1. The molecular formula is C15H24. The van der Waals surface area contributed by atoms with Crippen LogP contribution < -0.4 is 0 Å². The molecule has 0 unspecified atom stereocenters. The second-order valence-electron chi connectivity index (χ2n) is 5.04. The van der Waals surface area contributed by atoms with Gasteiger partial charge in [0.15, 0.2) is 0 Å². The van der Waals surface area contributed by atoms with E-state index in [9.17, 15) is 0 Å². The van der Waals surface area contributed by atoms with Crippen molar-refractivity contribution in [1.82, 2.24) is 0 Å². The largest absolute Gasteiger partial charge is 0.0654 e. The minimum atomic E-state index is 0.323. The van der Waals surface area contributed by atoms with Crippen LogP contribution in [-0.2, 0) is 11.8 Å². The highest BCUT2D eigenvalue weighted by molar-refractivity contribution is 5.28. The number of aryl methyl sites for hydroxylation is 1. The molecule has 0 aromatic heterocycles. The van der Waals surface area contributed by atoms with Crippen molar-refractivity contribution in [3.63, 3.8) is 0 Å². The number of rotatable bonds is 5. The quantitative estimate of drug-likeness (QED) is 0.651. The number of hydrogen-bond donors (Lipinski definition) is 0. The first-order chi connectivity index (χ1) is 7.10. The predicted molar refractivity (Wildman–Crippen MR) is 68.4 cm³/mol. The van der Waals surface area contributed by atoms with Gasteiger partial charge in [-0.2, -0.15) is 0 Å². The van der Waals surface area contributed by atoms with Crippen molar-refractivity contribution < 1.29 is 0 Å². The van der Waals surface area contributed by atoms with Crippen LogP contribution in [0.1, 0.15) is 58.1 Å². The highest BCUT2D eigenvalue weighted by Crippen LogP contribution is 2.26. The second kappa shape index (κ2) is 5.34. The first kappa shape index (κ1) is 12.3. The summed E-state index contributed by atoms with van der Waals surface area (Å²) in [5, 5.41) is 0. The summed E-state index contributed by atoms with van der Waals surface area (Å²) >= 11 is 0. The summed E-state index contributed by atoms with van der Waals surface area (Å²) in [6.07, 6.45) is 5.00. The van der Waals surface area contributed by atoms with Crippen LogP contribution in [0.3, 0.4) is 0 Å². The molecule has 0 radical (unpaired) electrons. The minimum absolute atomic E-state index is 0.323. The van der Waals surface area contributed by atoms with Crippen LogP contribution in [-0.4, -0.2) is 0 Å². The summed E-state index contributed by atoms with van der Waals surface area (Å²) in [6.45, 7) is 9.13. The third kappa shape index (κ3) is 3.37. The van der Waals surface area contributed by atoms with Gasteiger partial charge in [-0.15, -0.1) is 0 Å². The molecule has 0 spiro atoms. The van der Waals surface area contributed by atoms with Crippen molar-refractivity contribution in [3.05, 3.63) is 35.4 Å². The fourth-order valence-corrected chi connectivity index (χ4v) is 1.71. The van der Waals surface area contributed by atoms with E-state index in [1.54, 1.807) is 0 Å². The summed E-state index contributed by atoms with van der Waals surface area (Å²) in [5.74, 6) is 0. The normalized spacial score (nSPS) is 11.7. The van der Waals surface area contributed by atoms with Crippen LogP contribution >= 0.6 is 0 Å². The van der Waals surface area contributed by atoms with Crippen LogP contribution in [0.15, 0.2) is 24.3 Å². The third-order valence-corrected chi connectivity index (χ3v) is 3.44. The Hall–Kier alpha value is -0.780. The van der Waals surface area contributed by atoms with E-state index in [2.05, 4.69) is 52.0 Å². The molecule has 0 bridgehead atoms. The van der Waals surface area contributed by atoms with Crippen molar-refractivity contribution >= 4 is 0 Å². The maximum Gasteiger partial charge on any atom is -0.0106 e. The topological polar surface area (TPSA) is 0 Å². The molecule has 0 atom stereocenters. The van der Waals surface area contributed by atoms with Crippen molar-refractivity contribution in [2.75, 3.05) is 0 Å². The van der Waals surface area contributed by atoms with E-state index in [-0.39, 0.29) is 0 Å². The lowest BCUT2D eigenvalue weighted by atomic mass is 9.82. The molecule has 0 aliphatic carbocycles. The van der Waals surface area contributed by atoms with Gasteiger partial charge in [0, 0.05) is 0 Å². The average Bonchev–Trinajstić information content (AvgIpc) is 2.27. The molecule has 84 valence electrons. The average molecular weight is 204 g/mol. The van der Waals surface area contributed by atoms with Gasteiger partial charge in [-0.1, -0.05) is 58.4 Å². The summed E-state index contributed by atoms with van der Waals surface area (Å²) in [6, 6.07) is 9.19. The fourth-order valence-electron chi connectivity index (χ4n) is 1.71. The van der Waals surface area contributed by atoms with E-state index in [0.717, 1.165) is 0 Å². The molecule has 0 heteroatoms. The molecule has 0 amide bonds. The highest BCUT2D eigenvalue weighted by atomic mass is 14.2. The van der Waals surface area contributed by atoms with Crippen molar-refractivity contribution in [2.24, 2.45) is 0 Å². The van der Waals surface area contributed by atoms with Gasteiger partial charge in [0.25, 0.3) is 0 Å². The molecule has 0 fully saturated rings. The van der Waals surface area contributed by atoms with Gasteiger partial charge in [-0.05, 0) is 35.8 Å². The van der Waals surface area contributed by atoms with E-state index >= 15 is 0 Å². The Morgan fingerprint density at radius 3 is 2.07 bits per heavy atom. The summed E-state index contributed by atoms with van der Waals surface area (Å²) in [5.41, 5.74) is 3.27. The van der Waals surface area contributed by atoms with Crippen molar-refractivity contribution in [2.45, 2.75) is 58.8 Å². The SMILES string of the molecule is CCCCc1ccc(C(C)(C)CC)cc1. The molecule has 15 heavy (non-hydrogen) atoms. The van der Waals surface area contributed by atoms with Crippen LogP contribution in [0.25, 0.3) is 0 Å². The summed E-state index contributed by atoms with van der Waals surface area (Å²) in [4.78, 5) is 0. The van der Waals surface area contributed by atoms with Gasteiger partial charge in [0.2, 0.25) is 0 Å². The molecule has 1 rings (SSSR count). The molecule has 0 saturated heterocycles. The van der Waals surface area contributed by atoms with Crippen molar-refractivity contribution in [3.8, 4) is 0 Å². The Kier molecular flexibility index (Phi) is 4.38. The maximum absolute atomic E-state index is 2.31. The Morgan fingerprint density at radius 2 is 1.60 bits per heavy atom. The van der Waals surface area contributed by atoms with Crippen LogP contribution in [0.2, 0.25) is 0 Å². The van der Waals surface area contributed by atoms with E-state index in [1.165, 1.54) is 36.8 Å².